The Morgan fingerprint density at radius 3 is 2.50 bits per heavy atom. The number of pyridine rings is 1. The van der Waals surface area contributed by atoms with E-state index in [1.165, 1.54) is 0 Å². The maximum absolute atomic E-state index is 12.6. The Balaban J connectivity index is 1.62. The van der Waals surface area contributed by atoms with Crippen molar-refractivity contribution in [3.8, 4) is 0 Å². The summed E-state index contributed by atoms with van der Waals surface area (Å²) in [5.74, 6) is 0.948. The van der Waals surface area contributed by atoms with Gasteiger partial charge in [-0.05, 0) is 61.3 Å². The quantitative estimate of drug-likeness (QED) is 0.561. The molecule has 6 nitrogen and oxygen atoms in total. The number of amides is 1. The first-order valence-corrected chi connectivity index (χ1v) is 12.6. The van der Waals surface area contributed by atoms with Gasteiger partial charge in [0.2, 0.25) is 15.9 Å². The number of allylic oxidation sites excluding steroid dienone is 1. The van der Waals surface area contributed by atoms with E-state index in [-0.39, 0.29) is 22.6 Å². The van der Waals surface area contributed by atoms with Crippen LogP contribution in [0.2, 0.25) is 0 Å². The van der Waals surface area contributed by atoms with E-state index in [1.807, 2.05) is 25.1 Å². The Hall–Kier alpha value is -2.51. The van der Waals surface area contributed by atoms with Crippen LogP contribution in [-0.2, 0) is 21.4 Å². The highest BCUT2D eigenvalue weighted by atomic mass is 32.2. The summed E-state index contributed by atoms with van der Waals surface area (Å²) in [6.07, 6.45) is 5.18. The van der Waals surface area contributed by atoms with Crippen LogP contribution >= 0.6 is 0 Å². The number of benzene rings is 1. The van der Waals surface area contributed by atoms with Gasteiger partial charge in [0.05, 0.1) is 17.1 Å². The molecule has 0 bridgehead atoms. The minimum Gasteiger partial charge on any atom is -0.350 e. The van der Waals surface area contributed by atoms with Crippen molar-refractivity contribution in [2.75, 3.05) is 6.54 Å². The Bertz CT molecular complexity index is 1020. The van der Waals surface area contributed by atoms with Gasteiger partial charge >= 0.3 is 0 Å². The highest BCUT2D eigenvalue weighted by molar-refractivity contribution is 7.89. The molecular formula is C25H33N3O3S. The Labute approximate surface area is 191 Å². The zero-order valence-electron chi connectivity index (χ0n) is 19.0. The van der Waals surface area contributed by atoms with Crippen molar-refractivity contribution in [3.63, 3.8) is 0 Å². The van der Waals surface area contributed by atoms with Gasteiger partial charge in [-0.15, -0.1) is 0 Å². The molecule has 0 aliphatic heterocycles. The average Bonchev–Trinajstić information content (AvgIpc) is 2.79. The lowest BCUT2D eigenvalue weighted by Crippen LogP contribution is -2.37. The van der Waals surface area contributed by atoms with Crippen molar-refractivity contribution in [2.45, 2.75) is 45.1 Å². The molecule has 2 aromatic rings. The summed E-state index contributed by atoms with van der Waals surface area (Å²) >= 11 is 0. The molecule has 0 unspecified atom stereocenters. The third kappa shape index (κ3) is 6.50. The van der Waals surface area contributed by atoms with Gasteiger partial charge in [-0.1, -0.05) is 49.8 Å². The standard InChI is InChI=1S/C25H33N3O3S/c1-18(2)24-14-20(15-25(29)27-17-22-9-7-8-12-26-22)19(3)13-21(24)16-28-32(30,31)23-10-5-4-6-11-23/h4-13,18,20-21,24,28H,14-17H2,1-3H3,(H,27,29)/t20-,21-,24-/m0/s1. The summed E-state index contributed by atoms with van der Waals surface area (Å²) in [5, 5.41) is 2.96. The lowest BCUT2D eigenvalue weighted by atomic mass is 9.70. The third-order valence-electron chi connectivity index (χ3n) is 6.27. The summed E-state index contributed by atoms with van der Waals surface area (Å²) in [7, 11) is -3.54. The molecule has 1 aromatic carbocycles. The van der Waals surface area contributed by atoms with Crippen LogP contribution in [0, 0.1) is 23.7 Å². The molecular weight excluding hydrogens is 422 g/mol. The van der Waals surface area contributed by atoms with Crippen molar-refractivity contribution in [1.82, 2.24) is 15.0 Å². The monoisotopic (exact) mass is 455 g/mol. The van der Waals surface area contributed by atoms with E-state index in [2.05, 4.69) is 34.9 Å². The number of nitrogens with zero attached hydrogens (tertiary/aromatic N) is 1. The van der Waals surface area contributed by atoms with E-state index in [0.717, 1.165) is 17.7 Å². The SMILES string of the molecule is CC1=C[C@@H](CNS(=O)(=O)c2ccccc2)[C@H](C(C)C)C[C@H]1CC(=O)NCc1ccccn1. The van der Waals surface area contributed by atoms with Gasteiger partial charge in [-0.3, -0.25) is 9.78 Å². The van der Waals surface area contributed by atoms with E-state index in [4.69, 9.17) is 0 Å². The zero-order chi connectivity index (χ0) is 23.1. The number of hydrogen-bond donors (Lipinski definition) is 2. The summed E-state index contributed by atoms with van der Waals surface area (Å²) in [6.45, 7) is 7.15. The Morgan fingerprint density at radius 1 is 1.12 bits per heavy atom. The highest BCUT2D eigenvalue weighted by Gasteiger charge is 2.33. The van der Waals surface area contributed by atoms with Crippen LogP contribution < -0.4 is 10.0 Å². The molecule has 1 heterocycles. The van der Waals surface area contributed by atoms with E-state index >= 15 is 0 Å². The predicted octanol–water partition coefficient (Wildman–Crippen LogP) is 3.92. The van der Waals surface area contributed by atoms with E-state index in [0.29, 0.717) is 31.3 Å². The van der Waals surface area contributed by atoms with Crippen molar-refractivity contribution in [1.29, 1.82) is 0 Å². The fraction of sp³-hybridized carbons (Fsp3) is 0.440. The van der Waals surface area contributed by atoms with Gasteiger partial charge in [0.25, 0.3) is 0 Å². The highest BCUT2D eigenvalue weighted by Crippen LogP contribution is 2.38. The van der Waals surface area contributed by atoms with Crippen molar-refractivity contribution >= 4 is 15.9 Å². The number of sulfonamides is 1. The molecule has 32 heavy (non-hydrogen) atoms. The van der Waals surface area contributed by atoms with Crippen LogP contribution in [0.4, 0.5) is 0 Å². The minimum absolute atomic E-state index is 0.0131. The van der Waals surface area contributed by atoms with Crippen molar-refractivity contribution < 1.29 is 13.2 Å². The second kappa shape index (κ2) is 10.9. The summed E-state index contributed by atoms with van der Waals surface area (Å²) < 4.78 is 28.1. The number of carbonyl (C=O) groups excluding carboxylic acids is 1. The van der Waals surface area contributed by atoms with E-state index in [9.17, 15) is 13.2 Å². The van der Waals surface area contributed by atoms with Gasteiger partial charge < -0.3 is 5.32 Å². The molecule has 172 valence electrons. The molecule has 1 aliphatic rings. The zero-order valence-corrected chi connectivity index (χ0v) is 19.8. The molecule has 0 saturated carbocycles. The number of aromatic nitrogens is 1. The summed E-state index contributed by atoms with van der Waals surface area (Å²) in [4.78, 5) is 17.1. The molecule has 3 rings (SSSR count). The average molecular weight is 456 g/mol. The van der Waals surface area contributed by atoms with Crippen LogP contribution in [0.15, 0.2) is 71.3 Å². The lowest BCUT2D eigenvalue weighted by molar-refractivity contribution is -0.122. The van der Waals surface area contributed by atoms with Gasteiger partial charge in [-0.2, -0.15) is 0 Å². The third-order valence-corrected chi connectivity index (χ3v) is 7.71. The summed E-state index contributed by atoms with van der Waals surface area (Å²) in [6, 6.07) is 14.1. The van der Waals surface area contributed by atoms with Crippen LogP contribution in [0.1, 0.15) is 39.3 Å². The topological polar surface area (TPSA) is 88.2 Å². The largest absolute Gasteiger partial charge is 0.350 e. The number of carbonyl (C=O) groups is 1. The second-order valence-electron chi connectivity index (χ2n) is 8.88. The fourth-order valence-corrected chi connectivity index (χ4v) is 5.48. The summed E-state index contributed by atoms with van der Waals surface area (Å²) in [5.41, 5.74) is 1.99. The van der Waals surface area contributed by atoms with Crippen LogP contribution in [-0.4, -0.2) is 25.9 Å². The van der Waals surface area contributed by atoms with Crippen molar-refractivity contribution in [3.05, 3.63) is 72.1 Å². The first-order chi connectivity index (χ1) is 15.3. The van der Waals surface area contributed by atoms with E-state index < -0.39 is 10.0 Å². The first-order valence-electron chi connectivity index (χ1n) is 11.2. The molecule has 0 saturated heterocycles. The minimum atomic E-state index is -3.54. The molecule has 1 aromatic heterocycles. The Kier molecular flexibility index (Phi) is 8.21. The molecule has 1 amide bonds. The smallest absolute Gasteiger partial charge is 0.240 e. The Morgan fingerprint density at radius 2 is 1.84 bits per heavy atom. The number of rotatable bonds is 9. The van der Waals surface area contributed by atoms with Gasteiger partial charge in [-0.25, -0.2) is 13.1 Å². The van der Waals surface area contributed by atoms with Crippen molar-refractivity contribution in [2.24, 2.45) is 23.7 Å². The normalized spacial score (nSPS) is 21.2. The molecule has 1 aliphatic carbocycles. The molecule has 0 radical (unpaired) electrons. The molecule has 3 atom stereocenters. The first kappa shape index (κ1) is 24.1. The van der Waals surface area contributed by atoms with E-state index in [1.54, 1.807) is 36.5 Å². The van der Waals surface area contributed by atoms with Gasteiger partial charge in [0.1, 0.15) is 0 Å². The van der Waals surface area contributed by atoms with Crippen LogP contribution in [0.5, 0.6) is 0 Å². The maximum Gasteiger partial charge on any atom is 0.240 e. The predicted molar refractivity (Wildman–Crippen MR) is 126 cm³/mol. The molecule has 0 fully saturated rings. The lowest BCUT2D eigenvalue weighted by Gasteiger charge is -2.37. The molecule has 7 heteroatoms. The maximum atomic E-state index is 12.6. The van der Waals surface area contributed by atoms with Gasteiger partial charge in [0.15, 0.2) is 0 Å². The fourth-order valence-electron chi connectivity index (χ4n) is 4.38. The molecule has 0 spiro atoms. The molecule has 2 N–H and O–H groups in total. The van der Waals surface area contributed by atoms with Crippen LogP contribution in [0.25, 0.3) is 0 Å². The van der Waals surface area contributed by atoms with Gasteiger partial charge in [0, 0.05) is 19.2 Å². The number of hydrogen-bond acceptors (Lipinski definition) is 4. The second-order valence-corrected chi connectivity index (χ2v) is 10.6. The number of nitrogens with one attached hydrogen (secondary N) is 2. The van der Waals surface area contributed by atoms with Crippen LogP contribution in [0.3, 0.4) is 0 Å².